The first-order valence-corrected chi connectivity index (χ1v) is 8.11. The van der Waals surface area contributed by atoms with Crippen LogP contribution < -0.4 is 4.74 Å². The van der Waals surface area contributed by atoms with Crippen molar-refractivity contribution in [1.29, 1.82) is 0 Å². The predicted molar refractivity (Wildman–Crippen MR) is 97.1 cm³/mol. The van der Waals surface area contributed by atoms with Crippen LogP contribution in [0.1, 0.15) is 32.8 Å². The topological polar surface area (TPSA) is 35.3 Å². The zero-order chi connectivity index (χ0) is 17.2. The lowest BCUT2D eigenvalue weighted by atomic mass is 9.82. The van der Waals surface area contributed by atoms with Gasteiger partial charge in [-0.2, -0.15) is 0 Å². The molecule has 1 heterocycles. The van der Waals surface area contributed by atoms with Crippen molar-refractivity contribution >= 4 is 11.1 Å². The lowest BCUT2D eigenvalue weighted by Gasteiger charge is -2.22. The molecule has 0 aliphatic heterocycles. The fraction of sp³-hybridized carbons (Fsp3) is 0.286. The summed E-state index contributed by atoms with van der Waals surface area (Å²) in [6.45, 7) is 6.94. The third-order valence-electron chi connectivity index (χ3n) is 4.48. The number of benzene rings is 2. The second-order valence-electron chi connectivity index (χ2n) is 6.46. The van der Waals surface area contributed by atoms with Crippen molar-refractivity contribution in [2.45, 2.75) is 32.6 Å². The zero-order valence-electron chi connectivity index (χ0n) is 14.3. The first kappa shape index (κ1) is 16.1. The fourth-order valence-corrected chi connectivity index (χ4v) is 2.49. The largest absolute Gasteiger partial charge is 0.481 e. The van der Waals surface area contributed by atoms with Crippen LogP contribution in [0.4, 0.5) is 0 Å². The molecule has 3 aromatic rings. The minimum Gasteiger partial charge on any atom is -0.481 e. The summed E-state index contributed by atoms with van der Waals surface area (Å²) in [5, 5.41) is 0. The van der Waals surface area contributed by atoms with E-state index in [0.29, 0.717) is 5.89 Å². The second kappa shape index (κ2) is 6.41. The Kier molecular flexibility index (Phi) is 4.31. The number of hydrogen-bond donors (Lipinski definition) is 0. The zero-order valence-corrected chi connectivity index (χ0v) is 14.3. The van der Waals surface area contributed by atoms with Gasteiger partial charge >= 0.3 is 0 Å². The molecule has 0 amide bonds. The molecule has 0 radical (unpaired) electrons. The molecule has 1 aromatic heterocycles. The Morgan fingerprint density at radius 1 is 1.17 bits per heavy atom. The molecule has 0 aliphatic carbocycles. The molecular formula is C21H21NO2. The molecule has 122 valence electrons. The lowest BCUT2D eigenvalue weighted by Crippen LogP contribution is -2.14. The minimum atomic E-state index is 0.128. The third kappa shape index (κ3) is 3.14. The van der Waals surface area contributed by atoms with E-state index in [1.807, 2.05) is 30.3 Å². The van der Waals surface area contributed by atoms with Gasteiger partial charge in [-0.3, -0.25) is 0 Å². The highest BCUT2D eigenvalue weighted by Crippen LogP contribution is 2.31. The first-order valence-electron chi connectivity index (χ1n) is 8.11. The van der Waals surface area contributed by atoms with Gasteiger partial charge in [0.15, 0.2) is 5.58 Å². The summed E-state index contributed by atoms with van der Waals surface area (Å²) in [7, 11) is 0. The van der Waals surface area contributed by atoms with Gasteiger partial charge in [0.05, 0.1) is 0 Å². The summed E-state index contributed by atoms with van der Waals surface area (Å²) < 4.78 is 11.3. The van der Waals surface area contributed by atoms with Gasteiger partial charge in [-0.15, -0.1) is 6.42 Å². The van der Waals surface area contributed by atoms with Crippen molar-refractivity contribution < 1.29 is 9.15 Å². The molecule has 0 unspecified atom stereocenters. The number of hydrogen-bond acceptors (Lipinski definition) is 3. The number of aromatic nitrogens is 1. The molecule has 0 bridgehead atoms. The maximum atomic E-state index is 5.89. The summed E-state index contributed by atoms with van der Waals surface area (Å²) in [5.41, 5.74) is 4.00. The number of oxazole rings is 1. The van der Waals surface area contributed by atoms with Crippen LogP contribution in [0.15, 0.2) is 46.9 Å². The van der Waals surface area contributed by atoms with Crippen molar-refractivity contribution in [3.05, 3.63) is 48.0 Å². The number of terminal acetylenes is 1. The van der Waals surface area contributed by atoms with Gasteiger partial charge in [0.2, 0.25) is 5.89 Å². The lowest BCUT2D eigenvalue weighted by molar-refractivity contribution is 0.370. The van der Waals surface area contributed by atoms with Gasteiger partial charge in [0.1, 0.15) is 17.9 Å². The monoisotopic (exact) mass is 319 g/mol. The Labute approximate surface area is 142 Å². The third-order valence-corrected chi connectivity index (χ3v) is 4.48. The molecule has 2 aromatic carbocycles. The summed E-state index contributed by atoms with van der Waals surface area (Å²) in [6, 6.07) is 13.8. The molecule has 0 N–H and O–H groups in total. The Balaban J connectivity index is 1.92. The molecule has 3 nitrogen and oxygen atoms in total. The predicted octanol–water partition coefficient (Wildman–Crippen LogP) is 5.19. The standard InChI is InChI=1S/C21H21NO2/c1-5-13-23-17-10-7-15(8-11-17)20-22-18-14-16(21(3,4)6-2)9-12-19(18)24-20/h1,7-12,14H,6,13H2,2-4H3. The summed E-state index contributed by atoms with van der Waals surface area (Å²) in [4.78, 5) is 4.64. The van der Waals surface area contributed by atoms with E-state index in [1.54, 1.807) is 0 Å². The maximum absolute atomic E-state index is 5.89. The van der Waals surface area contributed by atoms with Gasteiger partial charge in [-0.1, -0.05) is 32.8 Å². The van der Waals surface area contributed by atoms with Gasteiger partial charge in [0.25, 0.3) is 0 Å². The SMILES string of the molecule is C#CCOc1ccc(-c2nc3cc(C(C)(C)CC)ccc3o2)cc1. The van der Waals surface area contributed by atoms with E-state index in [9.17, 15) is 0 Å². The van der Waals surface area contributed by atoms with Crippen LogP contribution in [0.25, 0.3) is 22.6 Å². The van der Waals surface area contributed by atoms with Crippen LogP contribution in [0, 0.1) is 12.3 Å². The van der Waals surface area contributed by atoms with Crippen LogP contribution in [0.2, 0.25) is 0 Å². The van der Waals surface area contributed by atoms with Gasteiger partial charge in [-0.25, -0.2) is 4.98 Å². The molecule has 0 saturated heterocycles. The minimum absolute atomic E-state index is 0.128. The van der Waals surface area contributed by atoms with E-state index < -0.39 is 0 Å². The summed E-state index contributed by atoms with van der Waals surface area (Å²) in [5.74, 6) is 3.80. The molecule has 0 atom stereocenters. The van der Waals surface area contributed by atoms with E-state index in [-0.39, 0.29) is 12.0 Å². The first-order chi connectivity index (χ1) is 11.5. The van der Waals surface area contributed by atoms with E-state index >= 15 is 0 Å². The number of fused-ring (bicyclic) bond motifs is 1. The smallest absolute Gasteiger partial charge is 0.227 e. The average molecular weight is 319 g/mol. The molecule has 0 aliphatic rings. The van der Waals surface area contributed by atoms with Gasteiger partial charge in [0, 0.05) is 5.56 Å². The Hall–Kier alpha value is -2.73. The summed E-state index contributed by atoms with van der Waals surface area (Å²) >= 11 is 0. The number of nitrogens with zero attached hydrogens (tertiary/aromatic N) is 1. The number of ether oxygens (including phenoxy) is 1. The van der Waals surface area contributed by atoms with Crippen LogP contribution in [0.3, 0.4) is 0 Å². The molecule has 0 fully saturated rings. The number of rotatable bonds is 5. The van der Waals surface area contributed by atoms with Gasteiger partial charge in [-0.05, 0) is 53.8 Å². The highest BCUT2D eigenvalue weighted by Gasteiger charge is 2.19. The van der Waals surface area contributed by atoms with E-state index in [4.69, 9.17) is 15.6 Å². The van der Waals surface area contributed by atoms with Crippen LogP contribution >= 0.6 is 0 Å². The average Bonchev–Trinajstić information content (AvgIpc) is 3.03. The van der Waals surface area contributed by atoms with E-state index in [1.165, 1.54) is 5.56 Å². The van der Waals surface area contributed by atoms with Crippen LogP contribution in [0.5, 0.6) is 5.75 Å². The van der Waals surface area contributed by atoms with Crippen molar-refractivity contribution in [3.8, 4) is 29.5 Å². The van der Waals surface area contributed by atoms with Crippen LogP contribution in [-0.2, 0) is 5.41 Å². The fourth-order valence-electron chi connectivity index (χ4n) is 2.49. The molecular weight excluding hydrogens is 298 g/mol. The van der Waals surface area contributed by atoms with Crippen molar-refractivity contribution in [1.82, 2.24) is 4.98 Å². The maximum Gasteiger partial charge on any atom is 0.227 e. The Morgan fingerprint density at radius 3 is 2.58 bits per heavy atom. The highest BCUT2D eigenvalue weighted by molar-refractivity contribution is 5.77. The Morgan fingerprint density at radius 2 is 1.92 bits per heavy atom. The van der Waals surface area contributed by atoms with Crippen molar-refractivity contribution in [2.75, 3.05) is 6.61 Å². The summed E-state index contributed by atoms with van der Waals surface area (Å²) in [6.07, 6.45) is 6.26. The highest BCUT2D eigenvalue weighted by atomic mass is 16.5. The molecule has 0 spiro atoms. The molecule has 3 rings (SSSR count). The normalized spacial score (nSPS) is 11.4. The van der Waals surface area contributed by atoms with Crippen molar-refractivity contribution in [3.63, 3.8) is 0 Å². The molecule has 3 heteroatoms. The Bertz CT molecular complexity index is 882. The molecule has 0 saturated carbocycles. The van der Waals surface area contributed by atoms with E-state index in [0.717, 1.165) is 28.8 Å². The quantitative estimate of drug-likeness (QED) is 0.607. The van der Waals surface area contributed by atoms with Crippen molar-refractivity contribution in [2.24, 2.45) is 0 Å². The van der Waals surface area contributed by atoms with Gasteiger partial charge < -0.3 is 9.15 Å². The molecule has 24 heavy (non-hydrogen) atoms. The second-order valence-corrected chi connectivity index (χ2v) is 6.46. The van der Waals surface area contributed by atoms with E-state index in [2.05, 4.69) is 43.8 Å². The van der Waals surface area contributed by atoms with Crippen LogP contribution in [-0.4, -0.2) is 11.6 Å².